The predicted molar refractivity (Wildman–Crippen MR) is 232 cm³/mol. The maximum atomic E-state index is 4.73. The Bertz CT molecular complexity index is 3250. The summed E-state index contributed by atoms with van der Waals surface area (Å²) in [5.74, 6) is 0. The first-order valence-corrected chi connectivity index (χ1v) is 19.0. The van der Waals surface area contributed by atoms with Gasteiger partial charge in [-0.05, 0) is 120 Å². The molecule has 0 unspecified atom stereocenters. The first-order chi connectivity index (χ1) is 27.3. The summed E-state index contributed by atoms with van der Waals surface area (Å²) < 4.78 is 2.38. The molecule has 2 heterocycles. The SMILES string of the molecule is c1ccc(-c2c3c(c(-c4ccccc4)c4ccccc24)-c2ccc(-c4ccc5c(c4)c4cc6cccnc6cc4n5-c4ccccc4)c4cccc-3c24)cc1. The lowest BCUT2D eigenvalue weighted by Gasteiger charge is -2.20. The predicted octanol–water partition coefficient (Wildman–Crippen LogP) is 14.3. The summed E-state index contributed by atoms with van der Waals surface area (Å²) in [7, 11) is 0. The number of rotatable bonds is 4. The van der Waals surface area contributed by atoms with Crippen LogP contribution in [-0.2, 0) is 0 Å². The number of aromatic nitrogens is 2. The van der Waals surface area contributed by atoms with Crippen LogP contribution in [0.1, 0.15) is 0 Å². The van der Waals surface area contributed by atoms with Crippen molar-refractivity contribution in [2.24, 2.45) is 0 Å². The maximum absolute atomic E-state index is 4.73. The topological polar surface area (TPSA) is 17.8 Å². The fraction of sp³-hybridized carbons (Fsp3) is 0. The van der Waals surface area contributed by atoms with E-state index in [0.717, 1.165) is 22.1 Å². The Morgan fingerprint density at radius 3 is 1.65 bits per heavy atom. The van der Waals surface area contributed by atoms with Crippen molar-refractivity contribution < 1.29 is 0 Å². The third kappa shape index (κ3) is 4.34. The van der Waals surface area contributed by atoms with Crippen LogP contribution in [0.4, 0.5) is 0 Å². The Hall–Kier alpha value is -7.29. The van der Waals surface area contributed by atoms with Gasteiger partial charge in [0.15, 0.2) is 0 Å². The molecule has 254 valence electrons. The molecule has 2 aromatic heterocycles. The van der Waals surface area contributed by atoms with Crippen molar-refractivity contribution in [3.05, 3.63) is 194 Å². The van der Waals surface area contributed by atoms with E-state index < -0.39 is 0 Å². The average Bonchev–Trinajstić information content (AvgIpc) is 3.75. The average molecular weight is 697 g/mol. The summed E-state index contributed by atoms with van der Waals surface area (Å²) in [6.07, 6.45) is 1.88. The Labute approximate surface area is 318 Å². The van der Waals surface area contributed by atoms with Crippen molar-refractivity contribution in [1.29, 1.82) is 0 Å². The van der Waals surface area contributed by atoms with Gasteiger partial charge in [0.2, 0.25) is 0 Å². The highest BCUT2D eigenvalue weighted by Gasteiger charge is 2.31. The van der Waals surface area contributed by atoms with Gasteiger partial charge in [0, 0.05) is 28.0 Å². The molecule has 2 nitrogen and oxygen atoms in total. The van der Waals surface area contributed by atoms with E-state index in [4.69, 9.17) is 4.98 Å². The van der Waals surface area contributed by atoms with E-state index in [2.05, 4.69) is 187 Å². The Balaban J connectivity index is 1.16. The number of pyridine rings is 1. The van der Waals surface area contributed by atoms with Crippen LogP contribution in [0.25, 0.3) is 116 Å². The van der Waals surface area contributed by atoms with E-state index in [9.17, 15) is 0 Å². The summed E-state index contributed by atoms with van der Waals surface area (Å²) in [5, 5.41) is 8.76. The molecule has 0 saturated heterocycles. The van der Waals surface area contributed by atoms with Crippen LogP contribution in [0.15, 0.2) is 194 Å². The lowest BCUT2D eigenvalue weighted by atomic mass is 9.82. The van der Waals surface area contributed by atoms with Crippen molar-refractivity contribution in [2.45, 2.75) is 0 Å². The van der Waals surface area contributed by atoms with E-state index in [-0.39, 0.29) is 0 Å². The third-order valence-corrected chi connectivity index (χ3v) is 11.7. The Kier molecular flexibility index (Phi) is 6.37. The standard InChI is InChI=1S/C53H32N2/c1-4-14-33(15-5-1)49-40-21-10-11-22-41(40)50(34-16-6-2-7-17-34)53-43-27-26-38(39-23-12-24-42(51(39)43)52(49)53)35-25-28-47-44(30-35)45-31-36-18-13-29-54-46(36)32-48(45)55(47)37-19-8-3-9-20-37/h1-32H. The molecule has 0 radical (unpaired) electrons. The van der Waals surface area contributed by atoms with E-state index in [0.29, 0.717) is 0 Å². The van der Waals surface area contributed by atoms with Gasteiger partial charge in [-0.3, -0.25) is 4.98 Å². The zero-order valence-electron chi connectivity index (χ0n) is 29.9. The van der Waals surface area contributed by atoms with Crippen LogP contribution in [-0.4, -0.2) is 9.55 Å². The van der Waals surface area contributed by atoms with Crippen LogP contribution in [0.5, 0.6) is 0 Å². The van der Waals surface area contributed by atoms with E-state index in [1.165, 1.54) is 93.5 Å². The van der Waals surface area contributed by atoms with Gasteiger partial charge in [0.05, 0.1) is 16.6 Å². The summed E-state index contributed by atoms with van der Waals surface area (Å²) >= 11 is 0. The van der Waals surface area contributed by atoms with E-state index in [1.54, 1.807) is 0 Å². The number of fused-ring (bicyclic) bond motifs is 8. The number of hydrogen-bond donors (Lipinski definition) is 0. The first kappa shape index (κ1) is 30.2. The number of nitrogens with zero attached hydrogens (tertiary/aromatic N) is 2. The first-order valence-electron chi connectivity index (χ1n) is 19.0. The fourth-order valence-corrected chi connectivity index (χ4v) is 9.47. The number of hydrogen-bond acceptors (Lipinski definition) is 1. The van der Waals surface area contributed by atoms with E-state index >= 15 is 0 Å². The zero-order chi connectivity index (χ0) is 36.0. The second kappa shape index (κ2) is 11.6. The molecule has 11 aromatic rings. The maximum Gasteiger partial charge on any atom is 0.0723 e. The monoisotopic (exact) mass is 696 g/mol. The smallest absolute Gasteiger partial charge is 0.0723 e. The van der Waals surface area contributed by atoms with E-state index in [1.807, 2.05) is 12.3 Å². The molecule has 0 bridgehead atoms. The fourth-order valence-electron chi connectivity index (χ4n) is 9.47. The van der Waals surface area contributed by atoms with Crippen LogP contribution in [0.2, 0.25) is 0 Å². The molecular weight excluding hydrogens is 665 g/mol. The Morgan fingerprint density at radius 1 is 0.345 bits per heavy atom. The molecule has 0 atom stereocenters. The molecule has 1 aliphatic carbocycles. The van der Waals surface area contributed by atoms with Gasteiger partial charge >= 0.3 is 0 Å². The Morgan fingerprint density at radius 2 is 0.945 bits per heavy atom. The molecule has 2 heteroatoms. The van der Waals surface area contributed by atoms with Crippen molar-refractivity contribution in [3.63, 3.8) is 0 Å². The lowest BCUT2D eigenvalue weighted by Crippen LogP contribution is -1.93. The second-order valence-electron chi connectivity index (χ2n) is 14.6. The van der Waals surface area contributed by atoms with Gasteiger partial charge in [0.1, 0.15) is 0 Å². The molecule has 0 aliphatic heterocycles. The molecule has 0 fully saturated rings. The van der Waals surface area contributed by atoms with Crippen molar-refractivity contribution in [1.82, 2.24) is 9.55 Å². The zero-order valence-corrected chi connectivity index (χ0v) is 29.9. The van der Waals surface area contributed by atoms with Crippen molar-refractivity contribution in [3.8, 4) is 61.3 Å². The molecule has 9 aromatic carbocycles. The summed E-state index contributed by atoms with van der Waals surface area (Å²) in [5.41, 5.74) is 17.3. The largest absolute Gasteiger partial charge is 0.309 e. The van der Waals surface area contributed by atoms with Crippen LogP contribution < -0.4 is 0 Å². The molecule has 0 N–H and O–H groups in total. The van der Waals surface area contributed by atoms with Gasteiger partial charge in [-0.1, -0.05) is 146 Å². The quantitative estimate of drug-likeness (QED) is 0.179. The molecule has 0 amide bonds. The highest BCUT2D eigenvalue weighted by Crippen LogP contribution is 2.58. The molecular formula is C53H32N2. The molecule has 12 rings (SSSR count). The summed E-state index contributed by atoms with van der Waals surface area (Å²) in [4.78, 5) is 4.73. The highest BCUT2D eigenvalue weighted by atomic mass is 15.0. The molecule has 1 aliphatic rings. The summed E-state index contributed by atoms with van der Waals surface area (Å²) in [6, 6.07) is 69.0. The van der Waals surface area contributed by atoms with Crippen molar-refractivity contribution in [2.75, 3.05) is 0 Å². The normalized spacial score (nSPS) is 12.0. The van der Waals surface area contributed by atoms with Crippen LogP contribution in [0.3, 0.4) is 0 Å². The minimum absolute atomic E-state index is 1.000. The molecule has 0 saturated carbocycles. The van der Waals surface area contributed by atoms with Gasteiger partial charge in [-0.15, -0.1) is 0 Å². The summed E-state index contributed by atoms with van der Waals surface area (Å²) in [6.45, 7) is 0. The van der Waals surface area contributed by atoms with Gasteiger partial charge < -0.3 is 4.57 Å². The third-order valence-electron chi connectivity index (χ3n) is 11.7. The van der Waals surface area contributed by atoms with Crippen LogP contribution >= 0.6 is 0 Å². The van der Waals surface area contributed by atoms with Gasteiger partial charge in [0.25, 0.3) is 0 Å². The molecule has 55 heavy (non-hydrogen) atoms. The second-order valence-corrected chi connectivity index (χ2v) is 14.6. The van der Waals surface area contributed by atoms with Gasteiger partial charge in [-0.25, -0.2) is 0 Å². The van der Waals surface area contributed by atoms with Crippen LogP contribution in [0, 0.1) is 0 Å². The minimum Gasteiger partial charge on any atom is -0.309 e. The number of benzene rings is 9. The van der Waals surface area contributed by atoms with Crippen molar-refractivity contribution >= 4 is 54.3 Å². The molecule has 0 spiro atoms. The minimum atomic E-state index is 1.000. The lowest BCUT2D eigenvalue weighted by molar-refractivity contribution is 1.18. The van der Waals surface area contributed by atoms with Gasteiger partial charge in [-0.2, -0.15) is 0 Å². The highest BCUT2D eigenvalue weighted by molar-refractivity contribution is 6.29. The number of para-hydroxylation sites is 1.